The fraction of sp³-hybridized carbons (Fsp3) is 0.725. The molecule has 0 aliphatic heterocycles. The quantitative estimate of drug-likeness (QED) is 0.116. The molecule has 2 aromatic carbocycles. The van der Waals surface area contributed by atoms with E-state index in [4.69, 9.17) is 4.99 Å². The average Bonchev–Trinajstić information content (AvgIpc) is 3.06. The monoisotopic (exact) mass is 830 g/mol. The Bertz CT molecular complexity index is 1590. The predicted octanol–water partition coefficient (Wildman–Crippen LogP) is 14.1. The van der Waals surface area contributed by atoms with E-state index in [0.717, 1.165) is 0 Å². The van der Waals surface area contributed by atoms with Crippen LogP contribution in [0.2, 0.25) is 4.25 Å². The normalized spacial score (nSPS) is 18.0. The van der Waals surface area contributed by atoms with Gasteiger partial charge in [-0.1, -0.05) is 0 Å². The Morgan fingerprint density at radius 3 is 1.45 bits per heavy atom. The summed E-state index contributed by atoms with van der Waals surface area (Å²) in [4.78, 5) is 6.02. The molecule has 2 saturated carbocycles. The van der Waals surface area contributed by atoms with Crippen molar-refractivity contribution in [2.45, 2.75) is 239 Å². The van der Waals surface area contributed by atoms with Gasteiger partial charge < -0.3 is 0 Å². The summed E-state index contributed by atoms with van der Waals surface area (Å²) in [6.45, 7) is 44.3. The predicted molar refractivity (Wildman–Crippen MR) is 252 cm³/mol. The van der Waals surface area contributed by atoms with Crippen LogP contribution in [0.25, 0.3) is 0 Å². The third-order valence-electron chi connectivity index (χ3n) is 12.2. The van der Waals surface area contributed by atoms with Gasteiger partial charge in [-0.05, 0) is 0 Å². The molecule has 2 aliphatic carbocycles. The molecule has 55 heavy (non-hydrogen) atoms. The molecule has 1 N–H and O–H groups in total. The maximum atomic E-state index is 6.02. The molecule has 4 heteroatoms. The van der Waals surface area contributed by atoms with Crippen molar-refractivity contribution >= 4 is 42.2 Å². The van der Waals surface area contributed by atoms with E-state index in [-0.39, 0.29) is 20.5 Å². The summed E-state index contributed by atoms with van der Waals surface area (Å²) < 4.78 is 3.53. The molecular weight excluding hydrogens is 744 g/mol. The van der Waals surface area contributed by atoms with Crippen molar-refractivity contribution in [1.29, 1.82) is 0 Å². The van der Waals surface area contributed by atoms with Crippen LogP contribution in [0.15, 0.2) is 29.3 Å². The summed E-state index contributed by atoms with van der Waals surface area (Å²) in [5.74, 6) is 2.73. The van der Waals surface area contributed by atoms with Crippen LogP contribution in [0.5, 0.6) is 0 Å². The molecule has 2 aliphatic rings. The molecule has 0 bridgehead atoms. The summed E-state index contributed by atoms with van der Waals surface area (Å²) in [7, 11) is 1.39. The van der Waals surface area contributed by atoms with Gasteiger partial charge in [0, 0.05) is 0 Å². The Morgan fingerprint density at radius 1 is 0.618 bits per heavy atom. The van der Waals surface area contributed by atoms with Gasteiger partial charge in [0.05, 0.1) is 0 Å². The minimum absolute atomic E-state index is 0.000821. The Hall–Kier alpha value is -1.38. The summed E-state index contributed by atoms with van der Waals surface area (Å²) in [6, 6.07) is 11.4. The first-order valence-corrected chi connectivity index (χ1v) is 26.5. The number of hydrogen-bond acceptors (Lipinski definition) is 1. The van der Waals surface area contributed by atoms with E-state index in [1.807, 2.05) is 0 Å². The van der Waals surface area contributed by atoms with E-state index >= 15 is 0 Å². The minimum atomic E-state index is -2.43. The number of benzene rings is 2. The van der Waals surface area contributed by atoms with Crippen molar-refractivity contribution in [3.05, 3.63) is 57.6 Å². The molecule has 2 fully saturated rings. The van der Waals surface area contributed by atoms with Gasteiger partial charge in [0.25, 0.3) is 0 Å². The summed E-state index contributed by atoms with van der Waals surface area (Å²) in [6.07, 6.45) is 13.0. The van der Waals surface area contributed by atoms with Gasteiger partial charge in [0.2, 0.25) is 0 Å². The van der Waals surface area contributed by atoms with Crippen LogP contribution >= 0.6 is 8.20 Å². The molecule has 0 saturated heterocycles. The van der Waals surface area contributed by atoms with Crippen LogP contribution in [-0.2, 0) is 16.2 Å². The molecule has 2 aromatic rings. The van der Waals surface area contributed by atoms with Crippen LogP contribution in [-0.4, -0.2) is 36.4 Å². The standard InChI is InChI=1S/C51H84GeN2P/c1-33(2)36-29-40(34(3)4)44(41(30-36)35(5)6)52(51(16,17)18)46(47(53-38-25-21-19-22-26-38)54-39-27-23-20-24-28-39)55-45-42(49(10,11)12)31-37(48(7,8)9)32-43(45)50(13,14)15/h29-35,38-39H,19-28H2,1-18H3,(H,53,54). The summed E-state index contributed by atoms with van der Waals surface area (Å²) >= 11 is -2.43. The van der Waals surface area contributed by atoms with Gasteiger partial charge in [-0.3, -0.25) is 0 Å². The zero-order valence-corrected chi connectivity index (χ0v) is 42.2. The van der Waals surface area contributed by atoms with Crippen LogP contribution in [0.3, 0.4) is 0 Å². The van der Waals surface area contributed by atoms with E-state index in [2.05, 4.69) is 154 Å². The third-order valence-corrected chi connectivity index (χ3v) is 22.1. The van der Waals surface area contributed by atoms with Crippen LogP contribution in [0, 0.1) is 0 Å². The molecule has 307 valence electrons. The van der Waals surface area contributed by atoms with E-state index < -0.39 is 14.3 Å². The Balaban J connectivity index is 2.29. The molecule has 4 rings (SSSR count). The SMILES string of the molecule is CC(C)c1cc(C(C)C)[c]([Ge]([C](=Pc2c(C(C)(C)C)cc(C(C)(C)C)cc2C(C)(C)C)C(=NC2CCCCC2)NC2CCCCC2)[C](C)(C)C)c(C(C)C)c1. The zero-order chi connectivity index (χ0) is 41.3. The number of amidine groups is 1. The van der Waals surface area contributed by atoms with Crippen molar-refractivity contribution in [3.63, 3.8) is 0 Å². The molecule has 2 nitrogen and oxygen atoms in total. The Labute approximate surface area is 347 Å². The first-order valence-electron chi connectivity index (χ1n) is 22.5. The molecule has 0 heterocycles. The van der Waals surface area contributed by atoms with Crippen LogP contribution < -0.4 is 15.0 Å². The van der Waals surface area contributed by atoms with Gasteiger partial charge in [-0.15, -0.1) is 0 Å². The fourth-order valence-electron chi connectivity index (χ4n) is 8.76. The molecule has 0 aromatic heterocycles. The van der Waals surface area contributed by atoms with Gasteiger partial charge in [-0.25, -0.2) is 0 Å². The van der Waals surface area contributed by atoms with Crippen LogP contribution in [0.1, 0.15) is 240 Å². The van der Waals surface area contributed by atoms with Crippen molar-refractivity contribution in [2.75, 3.05) is 0 Å². The van der Waals surface area contributed by atoms with Crippen molar-refractivity contribution in [1.82, 2.24) is 5.32 Å². The first kappa shape index (κ1) is 46.3. The topological polar surface area (TPSA) is 24.4 Å². The van der Waals surface area contributed by atoms with Crippen molar-refractivity contribution in [3.8, 4) is 0 Å². The molecule has 0 spiro atoms. The molecule has 1 radical (unpaired) electrons. The number of nitrogens with zero attached hydrogens (tertiary/aromatic N) is 1. The molecule has 0 amide bonds. The van der Waals surface area contributed by atoms with Gasteiger partial charge in [-0.2, -0.15) is 0 Å². The number of aliphatic imine (C=N–C) groups is 1. The van der Waals surface area contributed by atoms with Crippen LogP contribution in [0.4, 0.5) is 0 Å². The van der Waals surface area contributed by atoms with Gasteiger partial charge in [0.15, 0.2) is 0 Å². The second kappa shape index (κ2) is 18.3. The number of nitrogens with one attached hydrogen (secondary N) is 1. The first-order chi connectivity index (χ1) is 25.3. The Kier molecular flexibility index (Phi) is 15.4. The number of rotatable bonds is 9. The molecule has 0 atom stereocenters. The third kappa shape index (κ3) is 11.9. The van der Waals surface area contributed by atoms with E-state index in [0.29, 0.717) is 29.8 Å². The molecule has 0 unspecified atom stereocenters. The Morgan fingerprint density at radius 2 is 1.07 bits per heavy atom. The van der Waals surface area contributed by atoms with E-state index in [1.54, 1.807) is 25.0 Å². The summed E-state index contributed by atoms with van der Waals surface area (Å²) in [5.41, 5.74) is 9.29. The average molecular weight is 829 g/mol. The maximum absolute atomic E-state index is 6.02. The van der Waals surface area contributed by atoms with E-state index in [1.165, 1.54) is 101 Å². The number of hydrogen-bond donors (Lipinski definition) is 1. The van der Waals surface area contributed by atoms with Crippen molar-refractivity contribution in [2.24, 2.45) is 4.99 Å². The van der Waals surface area contributed by atoms with E-state index in [9.17, 15) is 0 Å². The van der Waals surface area contributed by atoms with Crippen molar-refractivity contribution < 1.29 is 0 Å². The molecular formula is C51H84GeN2P. The van der Waals surface area contributed by atoms with Gasteiger partial charge in [0.1, 0.15) is 0 Å². The second-order valence-electron chi connectivity index (χ2n) is 22.5. The zero-order valence-electron chi connectivity index (χ0n) is 39.2. The second-order valence-corrected chi connectivity index (χ2v) is 31.4. The fourth-order valence-corrected chi connectivity index (χ4v) is 21.2. The summed E-state index contributed by atoms with van der Waals surface area (Å²) in [5, 5.41) is 5.92. The van der Waals surface area contributed by atoms with Gasteiger partial charge >= 0.3 is 349 Å².